The Labute approximate surface area is 129 Å². The second-order valence-corrected chi connectivity index (χ2v) is 4.89. The number of nitrogens with zero attached hydrogens (tertiary/aromatic N) is 1. The number of aromatic amines is 1. The van der Waals surface area contributed by atoms with E-state index in [1.165, 1.54) is 12.5 Å². The zero-order chi connectivity index (χ0) is 17.0. The lowest BCUT2D eigenvalue weighted by molar-refractivity contribution is -0.139. The fraction of sp³-hybridized carbons (Fsp3) is 0.286. The molecular weight excluding hydrogens is 315 g/mol. The van der Waals surface area contributed by atoms with Gasteiger partial charge in [-0.05, 0) is 12.1 Å². The summed E-state index contributed by atoms with van der Waals surface area (Å²) < 4.78 is 37.6. The molecule has 1 heterocycles. The number of H-pyrrole nitrogens is 1. The highest BCUT2D eigenvalue weighted by molar-refractivity contribution is 5.73. The highest BCUT2D eigenvalue weighted by atomic mass is 19.4. The quantitative estimate of drug-likeness (QED) is 0.649. The molecule has 1 aromatic heterocycles. The van der Waals surface area contributed by atoms with E-state index in [0.717, 1.165) is 12.1 Å². The van der Waals surface area contributed by atoms with Crippen LogP contribution in [-0.2, 0) is 23.9 Å². The number of halogens is 3. The molecule has 0 fully saturated rings. The number of aliphatic carboxylic acids is 1. The predicted molar refractivity (Wildman–Crippen MR) is 73.7 cm³/mol. The van der Waals surface area contributed by atoms with Crippen molar-refractivity contribution in [2.24, 2.45) is 0 Å². The van der Waals surface area contributed by atoms with Crippen LogP contribution < -0.4 is 5.32 Å². The first-order chi connectivity index (χ1) is 10.8. The van der Waals surface area contributed by atoms with Crippen molar-refractivity contribution < 1.29 is 28.2 Å². The number of phenols is 1. The highest BCUT2D eigenvalue weighted by Gasteiger charge is 2.31. The molecule has 0 saturated heterocycles. The lowest BCUT2D eigenvalue weighted by Gasteiger charge is -2.15. The van der Waals surface area contributed by atoms with Gasteiger partial charge in [0.15, 0.2) is 0 Å². The Morgan fingerprint density at radius 1 is 1.39 bits per heavy atom. The number of phenolic OH excluding ortho intramolecular Hbond substituents is 1. The van der Waals surface area contributed by atoms with Crippen LogP contribution in [-0.4, -0.2) is 32.2 Å². The summed E-state index contributed by atoms with van der Waals surface area (Å²) in [4.78, 5) is 17.8. The first kappa shape index (κ1) is 16.8. The maximum absolute atomic E-state index is 12.5. The van der Waals surface area contributed by atoms with E-state index in [9.17, 15) is 23.1 Å². The number of carboxylic acid groups (broad SMARTS) is 1. The van der Waals surface area contributed by atoms with E-state index < -0.39 is 29.5 Å². The van der Waals surface area contributed by atoms with Gasteiger partial charge in [0.05, 0.1) is 11.9 Å². The van der Waals surface area contributed by atoms with Crippen LogP contribution in [0.3, 0.4) is 0 Å². The van der Waals surface area contributed by atoms with Crippen molar-refractivity contribution in [3.8, 4) is 5.75 Å². The lowest BCUT2D eigenvalue weighted by atomic mass is 10.1. The van der Waals surface area contributed by atoms with Crippen LogP contribution in [0, 0.1) is 0 Å². The minimum atomic E-state index is -4.55. The molecule has 1 aromatic carbocycles. The largest absolute Gasteiger partial charge is 0.508 e. The number of aromatic nitrogens is 2. The monoisotopic (exact) mass is 329 g/mol. The third-order valence-electron chi connectivity index (χ3n) is 3.23. The summed E-state index contributed by atoms with van der Waals surface area (Å²) in [6, 6.07) is 1.58. The van der Waals surface area contributed by atoms with Crippen LogP contribution in [0.1, 0.15) is 16.8 Å². The Hall–Kier alpha value is -2.55. The molecule has 1 unspecified atom stereocenters. The van der Waals surface area contributed by atoms with E-state index >= 15 is 0 Å². The Morgan fingerprint density at radius 3 is 2.65 bits per heavy atom. The van der Waals surface area contributed by atoms with E-state index in [-0.39, 0.29) is 18.5 Å². The molecule has 0 aliphatic heterocycles. The summed E-state index contributed by atoms with van der Waals surface area (Å²) in [7, 11) is 0. The second kappa shape index (κ2) is 6.69. The van der Waals surface area contributed by atoms with Gasteiger partial charge in [-0.15, -0.1) is 0 Å². The number of carboxylic acids is 1. The van der Waals surface area contributed by atoms with E-state index in [2.05, 4.69) is 15.3 Å². The third-order valence-corrected chi connectivity index (χ3v) is 3.23. The maximum Gasteiger partial charge on any atom is 0.416 e. The van der Waals surface area contributed by atoms with Crippen LogP contribution in [0.25, 0.3) is 0 Å². The minimum Gasteiger partial charge on any atom is -0.508 e. The lowest BCUT2D eigenvalue weighted by Crippen LogP contribution is -2.38. The number of imidazole rings is 1. The van der Waals surface area contributed by atoms with Crippen LogP contribution >= 0.6 is 0 Å². The number of nitrogens with one attached hydrogen (secondary N) is 2. The third kappa shape index (κ3) is 4.46. The van der Waals surface area contributed by atoms with Crippen molar-refractivity contribution in [2.75, 3.05) is 0 Å². The van der Waals surface area contributed by atoms with E-state index in [0.29, 0.717) is 11.8 Å². The Kier molecular flexibility index (Phi) is 4.89. The first-order valence-corrected chi connectivity index (χ1v) is 6.60. The zero-order valence-electron chi connectivity index (χ0n) is 11.8. The van der Waals surface area contributed by atoms with Gasteiger partial charge >= 0.3 is 12.1 Å². The molecule has 0 saturated carbocycles. The number of carbonyl (C=O) groups is 1. The standard InChI is InChI=1S/C14H14F3N3O3/c15-14(16,17)9-2-1-8(12(21)3-9)5-19-11(13(22)23)4-10-6-18-7-20-10/h1-3,6-7,11,19,21H,4-5H2,(H,18,20)(H,22,23). The molecule has 23 heavy (non-hydrogen) atoms. The molecule has 0 amide bonds. The van der Waals surface area contributed by atoms with Gasteiger partial charge < -0.3 is 15.2 Å². The van der Waals surface area contributed by atoms with Gasteiger partial charge in [-0.2, -0.15) is 13.2 Å². The van der Waals surface area contributed by atoms with Crippen molar-refractivity contribution >= 4 is 5.97 Å². The second-order valence-electron chi connectivity index (χ2n) is 4.89. The van der Waals surface area contributed by atoms with E-state index in [4.69, 9.17) is 5.11 Å². The van der Waals surface area contributed by atoms with Gasteiger partial charge in [0.2, 0.25) is 0 Å². The molecule has 0 aliphatic rings. The molecule has 0 spiro atoms. The average Bonchev–Trinajstić information content (AvgIpc) is 2.96. The average molecular weight is 329 g/mol. The molecule has 0 aliphatic carbocycles. The highest BCUT2D eigenvalue weighted by Crippen LogP contribution is 2.32. The number of aromatic hydroxyl groups is 1. The van der Waals surface area contributed by atoms with Gasteiger partial charge in [0.1, 0.15) is 11.8 Å². The van der Waals surface area contributed by atoms with Crippen molar-refractivity contribution in [2.45, 2.75) is 25.2 Å². The Morgan fingerprint density at radius 2 is 2.13 bits per heavy atom. The van der Waals surface area contributed by atoms with Crippen molar-refractivity contribution in [1.29, 1.82) is 0 Å². The van der Waals surface area contributed by atoms with Gasteiger partial charge in [0.25, 0.3) is 0 Å². The smallest absolute Gasteiger partial charge is 0.416 e. The van der Waals surface area contributed by atoms with E-state index in [1.807, 2.05) is 0 Å². The number of hydrogen-bond acceptors (Lipinski definition) is 4. The summed E-state index contributed by atoms with van der Waals surface area (Å²) in [6.45, 7) is -0.0882. The van der Waals surface area contributed by atoms with Crippen LogP contribution in [0.2, 0.25) is 0 Å². The molecule has 0 bridgehead atoms. The molecule has 1 atom stereocenters. The van der Waals surface area contributed by atoms with Crippen molar-refractivity contribution in [3.05, 3.63) is 47.5 Å². The summed E-state index contributed by atoms with van der Waals surface area (Å²) in [6.07, 6.45) is -1.53. The molecule has 2 rings (SSSR count). The van der Waals surface area contributed by atoms with Crippen LogP contribution in [0.4, 0.5) is 13.2 Å². The van der Waals surface area contributed by atoms with Gasteiger partial charge in [-0.1, -0.05) is 6.07 Å². The molecule has 0 radical (unpaired) electrons. The summed E-state index contributed by atoms with van der Waals surface area (Å²) in [5, 5.41) is 21.5. The molecule has 9 heteroatoms. The molecule has 4 N–H and O–H groups in total. The predicted octanol–water partition coefficient (Wildman–Crippen LogP) is 1.92. The van der Waals surface area contributed by atoms with Crippen molar-refractivity contribution in [1.82, 2.24) is 15.3 Å². The number of alkyl halides is 3. The Bertz CT molecular complexity index is 672. The number of hydrogen-bond donors (Lipinski definition) is 4. The molecule has 124 valence electrons. The van der Waals surface area contributed by atoms with Gasteiger partial charge in [-0.25, -0.2) is 4.98 Å². The topological polar surface area (TPSA) is 98.2 Å². The fourth-order valence-electron chi connectivity index (χ4n) is 1.99. The number of rotatable bonds is 6. The summed E-state index contributed by atoms with van der Waals surface area (Å²) in [5.41, 5.74) is -0.193. The van der Waals surface area contributed by atoms with Gasteiger partial charge in [-0.3, -0.25) is 10.1 Å². The SMILES string of the molecule is O=C(O)C(Cc1cnc[nH]1)NCc1ccc(C(F)(F)F)cc1O. The summed E-state index contributed by atoms with van der Waals surface area (Å²) >= 11 is 0. The van der Waals surface area contributed by atoms with Crippen LogP contribution in [0.5, 0.6) is 5.75 Å². The molecule has 2 aromatic rings. The minimum absolute atomic E-state index is 0.0882. The summed E-state index contributed by atoms with van der Waals surface area (Å²) in [5.74, 6) is -1.66. The van der Waals surface area contributed by atoms with Crippen molar-refractivity contribution in [3.63, 3.8) is 0 Å². The normalized spacial score (nSPS) is 13.0. The van der Waals surface area contributed by atoms with E-state index in [1.54, 1.807) is 0 Å². The van der Waals surface area contributed by atoms with Crippen LogP contribution in [0.15, 0.2) is 30.7 Å². The number of benzene rings is 1. The fourth-order valence-corrected chi connectivity index (χ4v) is 1.99. The Balaban J connectivity index is 2.04. The molecule has 6 nitrogen and oxygen atoms in total. The maximum atomic E-state index is 12.5. The molecular formula is C14H14F3N3O3. The van der Waals surface area contributed by atoms with Gasteiger partial charge in [0, 0.05) is 30.4 Å². The first-order valence-electron chi connectivity index (χ1n) is 6.60. The zero-order valence-corrected chi connectivity index (χ0v) is 11.8.